The third-order valence-corrected chi connectivity index (χ3v) is 4.23. The summed E-state index contributed by atoms with van der Waals surface area (Å²) in [5, 5.41) is 12.6. The van der Waals surface area contributed by atoms with E-state index in [4.69, 9.17) is 9.47 Å². The molecule has 0 aromatic rings. The molecule has 1 rings (SSSR count). The molecule has 21 heavy (non-hydrogen) atoms. The number of hydrogen-bond donors (Lipinski definition) is 2. The molecule has 1 saturated carbocycles. The Bertz CT molecular complexity index is 300. The van der Waals surface area contributed by atoms with Gasteiger partial charge in [-0.25, -0.2) is 0 Å². The molecule has 0 amide bonds. The van der Waals surface area contributed by atoms with Gasteiger partial charge in [0.15, 0.2) is 6.29 Å². The van der Waals surface area contributed by atoms with Gasteiger partial charge in [0.2, 0.25) is 0 Å². The largest absolute Gasteiger partial charge is 0.481 e. The fourth-order valence-electron chi connectivity index (χ4n) is 3.81. The minimum Gasteiger partial charge on any atom is -0.481 e. The minimum absolute atomic E-state index is 0. The molecule has 1 unspecified atom stereocenters. The summed E-state index contributed by atoms with van der Waals surface area (Å²) in [4.78, 5) is 11.2. The van der Waals surface area contributed by atoms with Gasteiger partial charge in [-0.05, 0) is 36.5 Å². The van der Waals surface area contributed by atoms with Crippen molar-refractivity contribution in [2.75, 3.05) is 27.3 Å². The highest BCUT2D eigenvalue weighted by Crippen LogP contribution is 2.44. The summed E-state index contributed by atoms with van der Waals surface area (Å²) in [6.07, 6.45) is 3.09. The summed E-state index contributed by atoms with van der Waals surface area (Å²) in [5.41, 5.74) is -0.144. The molecule has 6 heteroatoms. The molecule has 1 fully saturated rings. The Labute approximate surface area is 134 Å². The molecule has 1 aliphatic rings. The smallest absolute Gasteiger partial charge is 0.303 e. The number of hydrogen-bond acceptors (Lipinski definition) is 4. The maximum atomic E-state index is 11.2. The number of aliphatic carboxylic acids is 1. The highest BCUT2D eigenvalue weighted by atomic mass is 35.5. The van der Waals surface area contributed by atoms with E-state index in [1.807, 2.05) is 0 Å². The molecule has 5 nitrogen and oxygen atoms in total. The van der Waals surface area contributed by atoms with Gasteiger partial charge in [0.1, 0.15) is 0 Å². The van der Waals surface area contributed by atoms with Gasteiger partial charge in [-0.1, -0.05) is 13.8 Å². The second-order valence-corrected chi connectivity index (χ2v) is 6.46. The number of rotatable bonds is 8. The van der Waals surface area contributed by atoms with Crippen LogP contribution in [0.5, 0.6) is 0 Å². The van der Waals surface area contributed by atoms with Crippen molar-refractivity contribution in [1.82, 2.24) is 5.32 Å². The minimum atomic E-state index is -0.705. The van der Waals surface area contributed by atoms with E-state index in [1.165, 1.54) is 6.42 Å². The van der Waals surface area contributed by atoms with Gasteiger partial charge in [0.25, 0.3) is 0 Å². The Morgan fingerprint density at radius 3 is 2.24 bits per heavy atom. The second-order valence-electron chi connectivity index (χ2n) is 6.46. The summed E-state index contributed by atoms with van der Waals surface area (Å²) in [7, 11) is 3.21. The van der Waals surface area contributed by atoms with Crippen molar-refractivity contribution in [1.29, 1.82) is 0 Å². The summed E-state index contributed by atoms with van der Waals surface area (Å²) < 4.78 is 10.3. The van der Waals surface area contributed by atoms with Gasteiger partial charge in [-0.15, -0.1) is 12.4 Å². The normalized spacial score (nSPS) is 29.2. The number of carboxylic acid groups (broad SMARTS) is 1. The quantitative estimate of drug-likeness (QED) is 0.672. The average molecular weight is 324 g/mol. The molecule has 0 aromatic carbocycles. The molecule has 3 atom stereocenters. The van der Waals surface area contributed by atoms with E-state index in [-0.39, 0.29) is 30.5 Å². The lowest BCUT2D eigenvalue weighted by Crippen LogP contribution is -2.44. The van der Waals surface area contributed by atoms with Crippen molar-refractivity contribution >= 4 is 18.4 Å². The Morgan fingerprint density at radius 2 is 1.81 bits per heavy atom. The molecule has 0 spiro atoms. The predicted molar refractivity (Wildman–Crippen MR) is 84.8 cm³/mol. The van der Waals surface area contributed by atoms with Gasteiger partial charge < -0.3 is 19.9 Å². The maximum absolute atomic E-state index is 11.2. The molecule has 0 aliphatic heterocycles. The van der Waals surface area contributed by atoms with E-state index in [9.17, 15) is 9.90 Å². The zero-order valence-electron chi connectivity index (χ0n) is 13.6. The van der Waals surface area contributed by atoms with E-state index in [0.717, 1.165) is 12.8 Å². The van der Waals surface area contributed by atoms with Crippen LogP contribution in [0.3, 0.4) is 0 Å². The van der Waals surface area contributed by atoms with Crippen LogP contribution in [0.15, 0.2) is 0 Å². The molecule has 0 heterocycles. The summed E-state index contributed by atoms with van der Waals surface area (Å²) >= 11 is 0. The van der Waals surface area contributed by atoms with E-state index < -0.39 is 5.97 Å². The van der Waals surface area contributed by atoms with Crippen LogP contribution in [0.1, 0.15) is 39.5 Å². The predicted octanol–water partition coefficient (Wildman–Crippen LogP) is 2.53. The van der Waals surface area contributed by atoms with Gasteiger partial charge in [-0.2, -0.15) is 0 Å². The molecular formula is C15H30ClNO4. The van der Waals surface area contributed by atoms with Crippen molar-refractivity contribution in [2.45, 2.75) is 45.8 Å². The number of halogens is 1. The second kappa shape index (κ2) is 9.62. The van der Waals surface area contributed by atoms with E-state index in [1.54, 1.807) is 14.2 Å². The first-order valence-corrected chi connectivity index (χ1v) is 7.39. The number of nitrogens with one attached hydrogen (secondary N) is 1. The Morgan fingerprint density at radius 1 is 1.29 bits per heavy atom. The first-order chi connectivity index (χ1) is 9.40. The summed E-state index contributed by atoms with van der Waals surface area (Å²) in [6.45, 7) is 5.73. The van der Waals surface area contributed by atoms with Crippen LogP contribution >= 0.6 is 12.4 Å². The lowest BCUT2D eigenvalue weighted by atomic mass is 9.64. The zero-order chi connectivity index (χ0) is 15.2. The molecule has 0 bridgehead atoms. The first-order valence-electron chi connectivity index (χ1n) is 7.39. The van der Waals surface area contributed by atoms with Gasteiger partial charge in [0, 0.05) is 27.3 Å². The van der Waals surface area contributed by atoms with Crippen LogP contribution in [-0.2, 0) is 14.3 Å². The molecular weight excluding hydrogens is 294 g/mol. The molecule has 1 aliphatic carbocycles. The lowest BCUT2D eigenvalue weighted by molar-refractivity contribution is -0.141. The van der Waals surface area contributed by atoms with Gasteiger partial charge in [0.05, 0.1) is 6.42 Å². The molecule has 0 saturated heterocycles. The Kier molecular flexibility index (Phi) is 9.45. The number of carbonyl (C=O) groups is 1. The third-order valence-electron chi connectivity index (χ3n) is 4.23. The van der Waals surface area contributed by atoms with Gasteiger partial charge >= 0.3 is 5.97 Å². The monoisotopic (exact) mass is 323 g/mol. The van der Waals surface area contributed by atoms with E-state index in [2.05, 4.69) is 19.2 Å². The van der Waals surface area contributed by atoms with Crippen LogP contribution in [0, 0.1) is 17.3 Å². The standard InChI is InChI=1S/C15H29NO4.ClH/c1-11-5-12(2)7-15(6-11,8-13(17)18)10-16-9-14(19-3)20-4;/h11-12,14,16H,5-10H2,1-4H3,(H,17,18);1H/t11-,12+,15?;. The Balaban J connectivity index is 0.00000400. The summed E-state index contributed by atoms with van der Waals surface area (Å²) in [5.74, 6) is 0.462. The van der Waals surface area contributed by atoms with Crippen LogP contribution in [-0.4, -0.2) is 44.7 Å². The molecule has 0 radical (unpaired) electrons. The highest BCUT2D eigenvalue weighted by Gasteiger charge is 2.39. The number of ether oxygens (including phenoxy) is 2. The van der Waals surface area contributed by atoms with Crippen molar-refractivity contribution in [3.63, 3.8) is 0 Å². The zero-order valence-corrected chi connectivity index (χ0v) is 14.4. The molecule has 126 valence electrons. The molecule has 2 N–H and O–H groups in total. The Hall–Kier alpha value is -0.360. The summed E-state index contributed by atoms with van der Waals surface area (Å²) in [6, 6.07) is 0. The van der Waals surface area contributed by atoms with Crippen molar-refractivity contribution in [3.05, 3.63) is 0 Å². The lowest BCUT2D eigenvalue weighted by Gasteiger charge is -2.42. The van der Waals surface area contributed by atoms with Crippen LogP contribution in [0.4, 0.5) is 0 Å². The fourth-order valence-corrected chi connectivity index (χ4v) is 3.81. The van der Waals surface area contributed by atoms with E-state index >= 15 is 0 Å². The van der Waals surface area contributed by atoms with Crippen molar-refractivity contribution in [2.24, 2.45) is 17.3 Å². The molecule has 0 aromatic heterocycles. The van der Waals surface area contributed by atoms with Gasteiger partial charge in [-0.3, -0.25) is 4.79 Å². The third kappa shape index (κ3) is 6.96. The number of carboxylic acids is 1. The number of methoxy groups -OCH3 is 2. The van der Waals surface area contributed by atoms with Crippen molar-refractivity contribution < 1.29 is 19.4 Å². The van der Waals surface area contributed by atoms with Crippen molar-refractivity contribution in [3.8, 4) is 0 Å². The first kappa shape index (κ1) is 20.6. The topological polar surface area (TPSA) is 67.8 Å². The fraction of sp³-hybridized carbons (Fsp3) is 0.933. The average Bonchev–Trinajstić information content (AvgIpc) is 2.32. The van der Waals surface area contributed by atoms with Crippen LogP contribution in [0.25, 0.3) is 0 Å². The highest BCUT2D eigenvalue weighted by molar-refractivity contribution is 5.85. The SMILES string of the molecule is COC(CNCC1(CC(=O)O)C[C@H](C)C[C@H](C)C1)OC.Cl. The van der Waals surface area contributed by atoms with E-state index in [0.29, 0.717) is 24.9 Å². The van der Waals surface area contributed by atoms with Crippen LogP contribution < -0.4 is 5.32 Å². The maximum Gasteiger partial charge on any atom is 0.303 e. The van der Waals surface area contributed by atoms with Crippen LogP contribution in [0.2, 0.25) is 0 Å².